The molecule has 2 aromatic heterocycles. The van der Waals surface area contributed by atoms with E-state index in [1.807, 2.05) is 50.4 Å². The van der Waals surface area contributed by atoms with Crippen LogP contribution >= 0.6 is 0 Å². The van der Waals surface area contributed by atoms with Gasteiger partial charge in [0.15, 0.2) is 0 Å². The Morgan fingerprint density at radius 3 is 2.18 bits per heavy atom. The first-order valence-corrected chi connectivity index (χ1v) is 9.35. The van der Waals surface area contributed by atoms with Crippen molar-refractivity contribution in [2.24, 2.45) is 14.1 Å². The number of ether oxygens (including phenoxy) is 1. The standard InChI is InChI=1S/C23H20N2O3/c1-13-20(14-8-4-6-10-17(14)24(13)2)16-12-19(26)28-22-15-9-5-7-11-18(15)25(3)23(27)21(16)22/h4-11,16H,12H2,1-3H3. The van der Waals surface area contributed by atoms with E-state index in [0.717, 1.165) is 33.1 Å². The highest BCUT2D eigenvalue weighted by Crippen LogP contribution is 2.44. The van der Waals surface area contributed by atoms with Crippen molar-refractivity contribution in [2.45, 2.75) is 19.3 Å². The van der Waals surface area contributed by atoms with Crippen molar-refractivity contribution in [2.75, 3.05) is 0 Å². The third-order valence-corrected chi connectivity index (χ3v) is 6.02. The van der Waals surface area contributed by atoms with Crippen molar-refractivity contribution in [3.8, 4) is 5.75 Å². The van der Waals surface area contributed by atoms with Crippen LogP contribution in [0.25, 0.3) is 21.8 Å². The maximum atomic E-state index is 13.3. The molecule has 28 heavy (non-hydrogen) atoms. The molecule has 5 nitrogen and oxygen atoms in total. The van der Waals surface area contributed by atoms with Crippen molar-refractivity contribution in [3.05, 3.63) is 75.7 Å². The second-order valence-electron chi connectivity index (χ2n) is 7.43. The lowest BCUT2D eigenvalue weighted by Crippen LogP contribution is -2.31. The minimum atomic E-state index is -0.328. The Hall–Kier alpha value is -3.34. The molecule has 3 heterocycles. The zero-order valence-corrected chi connectivity index (χ0v) is 16.0. The summed E-state index contributed by atoms with van der Waals surface area (Å²) in [5, 5.41) is 1.86. The molecule has 4 aromatic rings. The molecule has 1 unspecified atom stereocenters. The minimum Gasteiger partial charge on any atom is -0.425 e. The van der Waals surface area contributed by atoms with Gasteiger partial charge < -0.3 is 13.9 Å². The van der Waals surface area contributed by atoms with E-state index in [2.05, 4.69) is 16.7 Å². The lowest BCUT2D eigenvalue weighted by atomic mass is 9.84. The van der Waals surface area contributed by atoms with Crippen LogP contribution in [-0.2, 0) is 18.9 Å². The summed E-state index contributed by atoms with van der Waals surface area (Å²) in [5.74, 6) is -0.221. The number of para-hydroxylation sites is 2. The average Bonchev–Trinajstić information content (AvgIpc) is 2.96. The van der Waals surface area contributed by atoms with Gasteiger partial charge in [0.2, 0.25) is 0 Å². The molecule has 1 atom stereocenters. The molecule has 0 aliphatic carbocycles. The quantitative estimate of drug-likeness (QED) is 0.478. The zero-order valence-electron chi connectivity index (χ0n) is 16.0. The van der Waals surface area contributed by atoms with E-state index in [-0.39, 0.29) is 23.9 Å². The lowest BCUT2D eigenvalue weighted by Gasteiger charge is -2.26. The molecular formula is C23H20N2O3. The number of carbonyl (C=O) groups excluding carboxylic acids is 1. The van der Waals surface area contributed by atoms with Crippen LogP contribution in [0.1, 0.15) is 29.2 Å². The number of carbonyl (C=O) groups is 1. The number of nitrogens with zero attached hydrogens (tertiary/aromatic N) is 2. The van der Waals surface area contributed by atoms with Crippen LogP contribution in [-0.4, -0.2) is 15.1 Å². The monoisotopic (exact) mass is 372 g/mol. The molecule has 0 saturated carbocycles. The summed E-state index contributed by atoms with van der Waals surface area (Å²) in [7, 11) is 3.79. The largest absolute Gasteiger partial charge is 0.425 e. The third kappa shape index (κ3) is 2.13. The molecule has 0 fully saturated rings. The van der Waals surface area contributed by atoms with Crippen LogP contribution in [0.15, 0.2) is 53.3 Å². The summed E-state index contributed by atoms with van der Waals surface area (Å²) in [6.45, 7) is 2.04. The Bertz CT molecular complexity index is 1340. The summed E-state index contributed by atoms with van der Waals surface area (Å²) in [6.07, 6.45) is 0.162. The molecule has 5 rings (SSSR count). The maximum Gasteiger partial charge on any atom is 0.312 e. The van der Waals surface area contributed by atoms with Crippen LogP contribution in [0.5, 0.6) is 5.75 Å². The van der Waals surface area contributed by atoms with Crippen molar-refractivity contribution in [1.82, 2.24) is 9.13 Å². The zero-order chi connectivity index (χ0) is 19.6. The average molecular weight is 372 g/mol. The molecule has 0 spiro atoms. The number of rotatable bonds is 1. The number of pyridine rings is 1. The molecule has 1 aliphatic rings. The Balaban J connectivity index is 1.91. The first kappa shape index (κ1) is 16.8. The summed E-state index contributed by atoms with van der Waals surface area (Å²) in [6, 6.07) is 15.7. The topological polar surface area (TPSA) is 53.2 Å². The third-order valence-electron chi connectivity index (χ3n) is 6.02. The SMILES string of the molecule is Cc1c(C2CC(=O)Oc3c2c(=O)n(C)c2ccccc32)c2ccccc2n1C. The Kier molecular flexibility index (Phi) is 3.50. The van der Waals surface area contributed by atoms with E-state index in [1.54, 1.807) is 11.6 Å². The van der Waals surface area contributed by atoms with E-state index in [1.165, 1.54) is 0 Å². The van der Waals surface area contributed by atoms with E-state index in [4.69, 9.17) is 4.74 Å². The van der Waals surface area contributed by atoms with E-state index in [9.17, 15) is 9.59 Å². The summed E-state index contributed by atoms with van der Waals surface area (Å²) < 4.78 is 9.41. The van der Waals surface area contributed by atoms with Gasteiger partial charge in [0.25, 0.3) is 5.56 Å². The van der Waals surface area contributed by atoms with Crippen LogP contribution in [0.4, 0.5) is 0 Å². The molecule has 0 saturated heterocycles. The van der Waals surface area contributed by atoms with Gasteiger partial charge in [0.05, 0.1) is 17.5 Å². The molecule has 0 N–H and O–H groups in total. The van der Waals surface area contributed by atoms with Gasteiger partial charge in [-0.2, -0.15) is 0 Å². The number of benzene rings is 2. The van der Waals surface area contributed by atoms with E-state index >= 15 is 0 Å². The highest BCUT2D eigenvalue weighted by Gasteiger charge is 2.36. The fourth-order valence-corrected chi connectivity index (χ4v) is 4.57. The molecule has 2 aromatic carbocycles. The number of hydrogen-bond donors (Lipinski definition) is 0. The molecular weight excluding hydrogens is 352 g/mol. The molecule has 0 amide bonds. The number of esters is 1. The van der Waals surface area contributed by atoms with Crippen LogP contribution < -0.4 is 10.3 Å². The van der Waals surface area contributed by atoms with Gasteiger partial charge in [0, 0.05) is 42.0 Å². The van der Waals surface area contributed by atoms with Gasteiger partial charge in [-0.25, -0.2) is 0 Å². The smallest absolute Gasteiger partial charge is 0.312 e. The van der Waals surface area contributed by atoms with Crippen molar-refractivity contribution in [3.63, 3.8) is 0 Å². The Morgan fingerprint density at radius 1 is 0.857 bits per heavy atom. The Morgan fingerprint density at radius 2 is 1.46 bits per heavy atom. The van der Waals surface area contributed by atoms with Crippen molar-refractivity contribution < 1.29 is 9.53 Å². The minimum absolute atomic E-state index is 0.112. The summed E-state index contributed by atoms with van der Waals surface area (Å²) in [4.78, 5) is 25.9. The highest BCUT2D eigenvalue weighted by molar-refractivity contribution is 5.94. The molecule has 140 valence electrons. The Labute approximate surface area is 161 Å². The van der Waals surface area contributed by atoms with E-state index < -0.39 is 0 Å². The molecule has 0 radical (unpaired) electrons. The van der Waals surface area contributed by atoms with Gasteiger partial charge in [-0.15, -0.1) is 0 Å². The normalized spacial score (nSPS) is 16.4. The second-order valence-corrected chi connectivity index (χ2v) is 7.43. The van der Waals surface area contributed by atoms with Crippen molar-refractivity contribution >= 4 is 27.8 Å². The summed E-state index contributed by atoms with van der Waals surface area (Å²) >= 11 is 0. The van der Waals surface area contributed by atoms with Gasteiger partial charge >= 0.3 is 5.97 Å². The van der Waals surface area contributed by atoms with Crippen LogP contribution in [0.3, 0.4) is 0 Å². The summed E-state index contributed by atoms with van der Waals surface area (Å²) in [5.41, 5.74) is 4.40. The predicted molar refractivity (Wildman–Crippen MR) is 109 cm³/mol. The van der Waals surface area contributed by atoms with Crippen LogP contribution in [0.2, 0.25) is 0 Å². The number of aromatic nitrogens is 2. The predicted octanol–water partition coefficient (Wildman–Crippen LogP) is 3.78. The number of hydrogen-bond acceptors (Lipinski definition) is 3. The van der Waals surface area contributed by atoms with Gasteiger partial charge in [-0.3, -0.25) is 9.59 Å². The van der Waals surface area contributed by atoms with E-state index in [0.29, 0.717) is 11.3 Å². The molecule has 5 heteroatoms. The fourth-order valence-electron chi connectivity index (χ4n) is 4.57. The molecule has 0 bridgehead atoms. The van der Waals surface area contributed by atoms with Crippen LogP contribution in [0, 0.1) is 6.92 Å². The second kappa shape index (κ2) is 5.83. The first-order chi connectivity index (χ1) is 13.5. The highest BCUT2D eigenvalue weighted by atomic mass is 16.5. The van der Waals surface area contributed by atoms with Gasteiger partial charge in [-0.1, -0.05) is 30.3 Å². The van der Waals surface area contributed by atoms with Gasteiger partial charge in [0.1, 0.15) is 5.75 Å². The lowest BCUT2D eigenvalue weighted by molar-refractivity contribution is -0.135. The number of aryl methyl sites for hydroxylation is 2. The van der Waals surface area contributed by atoms with Crippen molar-refractivity contribution in [1.29, 1.82) is 0 Å². The fraction of sp³-hybridized carbons (Fsp3) is 0.217. The number of fused-ring (bicyclic) bond motifs is 4. The first-order valence-electron chi connectivity index (χ1n) is 9.35. The van der Waals surface area contributed by atoms with Gasteiger partial charge in [-0.05, 0) is 30.7 Å². The molecule has 1 aliphatic heterocycles. The maximum absolute atomic E-state index is 13.3.